The fraction of sp³-hybridized carbons (Fsp3) is 0.600. The summed E-state index contributed by atoms with van der Waals surface area (Å²) in [6, 6.07) is 4.05. The molecule has 1 aliphatic carbocycles. The van der Waals surface area contributed by atoms with Crippen LogP contribution in [0.1, 0.15) is 38.3 Å². The highest BCUT2D eigenvalue weighted by Crippen LogP contribution is 2.39. The quantitative estimate of drug-likeness (QED) is 0.798. The van der Waals surface area contributed by atoms with E-state index in [9.17, 15) is 17.6 Å². The third-order valence-corrected chi connectivity index (χ3v) is 3.62. The average Bonchev–Trinajstić information content (AvgIpc) is 3.19. The summed E-state index contributed by atoms with van der Waals surface area (Å²) in [6.07, 6.45) is -2.98. The molecular formula is C15H20F4N2. The Hall–Kier alpha value is -1.30. The molecule has 0 aliphatic heterocycles. The maximum atomic E-state index is 14.2. The second-order valence-corrected chi connectivity index (χ2v) is 5.43. The van der Waals surface area contributed by atoms with Crippen LogP contribution < -0.4 is 10.2 Å². The van der Waals surface area contributed by atoms with Gasteiger partial charge in [-0.2, -0.15) is 13.2 Å². The number of para-hydroxylation sites is 1. The minimum Gasteiger partial charge on any atom is -0.357 e. The Morgan fingerprint density at radius 1 is 1.33 bits per heavy atom. The van der Waals surface area contributed by atoms with Gasteiger partial charge in [0.2, 0.25) is 0 Å². The summed E-state index contributed by atoms with van der Waals surface area (Å²) in [7, 11) is 0. The zero-order valence-corrected chi connectivity index (χ0v) is 12.2. The number of alkyl halides is 3. The van der Waals surface area contributed by atoms with E-state index >= 15 is 0 Å². The van der Waals surface area contributed by atoms with Crippen LogP contribution in [-0.2, 0) is 0 Å². The fourth-order valence-corrected chi connectivity index (χ4v) is 2.57. The van der Waals surface area contributed by atoms with E-state index in [4.69, 9.17) is 0 Å². The highest BCUT2D eigenvalue weighted by atomic mass is 19.4. The van der Waals surface area contributed by atoms with Crippen molar-refractivity contribution in [2.24, 2.45) is 0 Å². The first-order chi connectivity index (χ1) is 9.83. The van der Waals surface area contributed by atoms with Crippen molar-refractivity contribution < 1.29 is 17.6 Å². The topological polar surface area (TPSA) is 15.3 Å². The molecule has 2 rings (SSSR count). The molecule has 1 fully saturated rings. The molecule has 0 bridgehead atoms. The Bertz CT molecular complexity index is 483. The van der Waals surface area contributed by atoms with E-state index in [2.05, 4.69) is 5.32 Å². The van der Waals surface area contributed by atoms with Crippen LogP contribution in [0.25, 0.3) is 0 Å². The van der Waals surface area contributed by atoms with Gasteiger partial charge in [-0.3, -0.25) is 0 Å². The van der Waals surface area contributed by atoms with Gasteiger partial charge >= 0.3 is 6.18 Å². The Balaban J connectivity index is 2.39. The standard InChI is InChI=1S/C15H20F4N2/c1-3-20-10(2)12-5-4-6-13(16)14(12)21(11-7-8-11)9-15(17,18)19/h4-6,10-11,20H,3,7-9H2,1-2H3. The first-order valence-corrected chi connectivity index (χ1v) is 7.18. The number of nitrogens with zero attached hydrogens (tertiary/aromatic N) is 1. The van der Waals surface area contributed by atoms with Gasteiger partial charge in [-0.15, -0.1) is 0 Å². The molecule has 0 radical (unpaired) electrons. The second-order valence-electron chi connectivity index (χ2n) is 5.43. The minimum absolute atomic E-state index is 0.0887. The lowest BCUT2D eigenvalue weighted by atomic mass is 10.0. The van der Waals surface area contributed by atoms with E-state index < -0.39 is 18.5 Å². The van der Waals surface area contributed by atoms with E-state index in [1.165, 1.54) is 11.0 Å². The van der Waals surface area contributed by atoms with Crippen molar-refractivity contribution in [2.75, 3.05) is 18.0 Å². The van der Waals surface area contributed by atoms with Gasteiger partial charge in [0.25, 0.3) is 0 Å². The predicted octanol–water partition coefficient (Wildman–Crippen LogP) is 4.03. The molecule has 1 unspecified atom stereocenters. The lowest BCUT2D eigenvalue weighted by molar-refractivity contribution is -0.120. The molecule has 1 atom stereocenters. The molecule has 118 valence electrons. The van der Waals surface area contributed by atoms with Gasteiger partial charge in [0.1, 0.15) is 12.4 Å². The molecule has 1 aliphatic rings. The summed E-state index contributed by atoms with van der Waals surface area (Å²) in [4.78, 5) is 1.18. The number of hydrogen-bond donors (Lipinski definition) is 1. The zero-order valence-electron chi connectivity index (χ0n) is 12.2. The first-order valence-electron chi connectivity index (χ1n) is 7.18. The molecule has 0 heterocycles. The zero-order chi connectivity index (χ0) is 15.6. The molecule has 21 heavy (non-hydrogen) atoms. The van der Waals surface area contributed by atoms with Gasteiger partial charge in [-0.1, -0.05) is 19.1 Å². The van der Waals surface area contributed by atoms with Crippen molar-refractivity contribution in [3.8, 4) is 0 Å². The van der Waals surface area contributed by atoms with Crippen LogP contribution in [0.15, 0.2) is 18.2 Å². The summed E-state index contributed by atoms with van der Waals surface area (Å²) in [6.45, 7) is 3.30. The third-order valence-electron chi connectivity index (χ3n) is 3.62. The number of nitrogens with one attached hydrogen (secondary N) is 1. The molecule has 6 heteroatoms. The van der Waals surface area contributed by atoms with Crippen LogP contribution in [0.2, 0.25) is 0 Å². The van der Waals surface area contributed by atoms with Gasteiger partial charge < -0.3 is 10.2 Å². The summed E-state index contributed by atoms with van der Waals surface area (Å²) in [5.41, 5.74) is 0.666. The highest BCUT2D eigenvalue weighted by Gasteiger charge is 2.40. The number of hydrogen-bond acceptors (Lipinski definition) is 2. The fourth-order valence-electron chi connectivity index (χ4n) is 2.57. The maximum absolute atomic E-state index is 14.2. The van der Waals surface area contributed by atoms with Crippen LogP contribution in [-0.4, -0.2) is 25.3 Å². The Labute approximate surface area is 122 Å². The monoisotopic (exact) mass is 304 g/mol. The first kappa shape index (κ1) is 16.1. The van der Waals surface area contributed by atoms with E-state index in [1.54, 1.807) is 12.1 Å². The minimum atomic E-state index is -4.34. The van der Waals surface area contributed by atoms with Crippen LogP contribution in [0.4, 0.5) is 23.2 Å². The third kappa shape index (κ3) is 4.09. The molecule has 1 aromatic rings. The predicted molar refractivity (Wildman–Crippen MR) is 74.9 cm³/mol. The van der Waals surface area contributed by atoms with Crippen LogP contribution >= 0.6 is 0 Å². The largest absolute Gasteiger partial charge is 0.405 e. The van der Waals surface area contributed by atoms with Gasteiger partial charge in [-0.25, -0.2) is 4.39 Å². The lowest BCUT2D eigenvalue weighted by Crippen LogP contribution is -2.37. The highest BCUT2D eigenvalue weighted by molar-refractivity contribution is 5.58. The van der Waals surface area contributed by atoms with E-state index in [0.717, 1.165) is 0 Å². The van der Waals surface area contributed by atoms with Gasteiger partial charge in [0.15, 0.2) is 0 Å². The van der Waals surface area contributed by atoms with Crippen LogP contribution in [0, 0.1) is 5.82 Å². The molecule has 1 aromatic carbocycles. The van der Waals surface area contributed by atoms with Gasteiger partial charge in [0.05, 0.1) is 5.69 Å². The van der Waals surface area contributed by atoms with Crippen molar-refractivity contribution >= 4 is 5.69 Å². The molecule has 1 saturated carbocycles. The van der Waals surface area contributed by atoms with E-state index in [0.29, 0.717) is 24.9 Å². The maximum Gasteiger partial charge on any atom is 0.405 e. The number of anilines is 1. The smallest absolute Gasteiger partial charge is 0.357 e. The molecule has 0 saturated heterocycles. The molecule has 0 spiro atoms. The number of rotatable bonds is 6. The van der Waals surface area contributed by atoms with Crippen molar-refractivity contribution in [2.45, 2.75) is 44.9 Å². The van der Waals surface area contributed by atoms with E-state index in [1.807, 2.05) is 13.8 Å². The van der Waals surface area contributed by atoms with Gasteiger partial charge in [0, 0.05) is 12.1 Å². The Morgan fingerprint density at radius 2 is 2.00 bits per heavy atom. The van der Waals surface area contributed by atoms with Gasteiger partial charge in [-0.05, 0) is 37.9 Å². The summed E-state index contributed by atoms with van der Waals surface area (Å²) in [5.74, 6) is -0.589. The Morgan fingerprint density at radius 3 is 2.52 bits per heavy atom. The molecule has 2 nitrogen and oxygen atoms in total. The number of halogens is 4. The second kappa shape index (κ2) is 6.22. The number of benzene rings is 1. The van der Waals surface area contributed by atoms with Crippen molar-refractivity contribution in [1.29, 1.82) is 0 Å². The van der Waals surface area contributed by atoms with E-state index in [-0.39, 0.29) is 17.8 Å². The van der Waals surface area contributed by atoms with Crippen LogP contribution in [0.3, 0.4) is 0 Å². The molecule has 0 aromatic heterocycles. The van der Waals surface area contributed by atoms with Crippen LogP contribution in [0.5, 0.6) is 0 Å². The molecule has 0 amide bonds. The summed E-state index contributed by atoms with van der Waals surface area (Å²) in [5, 5.41) is 3.13. The molecular weight excluding hydrogens is 284 g/mol. The lowest BCUT2D eigenvalue weighted by Gasteiger charge is -2.30. The molecule has 1 N–H and O–H groups in total. The average molecular weight is 304 g/mol. The normalized spacial score (nSPS) is 16.9. The van der Waals surface area contributed by atoms with Crippen molar-refractivity contribution in [1.82, 2.24) is 5.32 Å². The summed E-state index contributed by atoms with van der Waals surface area (Å²) >= 11 is 0. The van der Waals surface area contributed by atoms with Crippen molar-refractivity contribution in [3.63, 3.8) is 0 Å². The Kier molecular flexibility index (Phi) is 4.76. The summed E-state index contributed by atoms with van der Waals surface area (Å²) < 4.78 is 52.7. The SMILES string of the molecule is CCNC(C)c1cccc(F)c1N(CC(F)(F)F)C1CC1. The van der Waals surface area contributed by atoms with Crippen molar-refractivity contribution in [3.05, 3.63) is 29.6 Å².